The minimum absolute atomic E-state index is 0.0727. The van der Waals surface area contributed by atoms with Crippen LogP contribution in [0.1, 0.15) is 35.4 Å². The van der Waals surface area contributed by atoms with Crippen LogP contribution in [0.15, 0.2) is 47.1 Å². The summed E-state index contributed by atoms with van der Waals surface area (Å²) in [5.41, 5.74) is 1.09. The summed E-state index contributed by atoms with van der Waals surface area (Å²) in [4.78, 5) is 26.9. The summed E-state index contributed by atoms with van der Waals surface area (Å²) >= 11 is 0. The number of amides is 2. The summed E-state index contributed by atoms with van der Waals surface area (Å²) in [6, 6.07) is 11.4. The van der Waals surface area contributed by atoms with E-state index in [0.717, 1.165) is 30.6 Å². The van der Waals surface area contributed by atoms with E-state index in [2.05, 4.69) is 5.32 Å². The maximum absolute atomic E-state index is 12.8. The highest BCUT2D eigenvalue weighted by Crippen LogP contribution is 2.27. The van der Waals surface area contributed by atoms with E-state index >= 15 is 0 Å². The molecule has 3 heterocycles. The Morgan fingerprint density at radius 2 is 1.85 bits per heavy atom. The summed E-state index contributed by atoms with van der Waals surface area (Å²) in [6.07, 6.45) is 4.46. The highest BCUT2D eigenvalue weighted by atomic mass is 16.5. The monoisotopic (exact) mass is 368 g/mol. The second-order valence-electron chi connectivity index (χ2n) is 7.20. The van der Waals surface area contributed by atoms with Crippen LogP contribution in [0.3, 0.4) is 0 Å². The number of carbonyl (C=O) groups excluding carboxylic acids is 2. The zero-order chi connectivity index (χ0) is 18.6. The Balaban J connectivity index is 1.30. The van der Waals surface area contributed by atoms with Crippen LogP contribution in [-0.4, -0.2) is 42.5 Å². The van der Waals surface area contributed by atoms with Crippen molar-refractivity contribution in [2.75, 3.05) is 19.7 Å². The van der Waals surface area contributed by atoms with Crippen molar-refractivity contribution >= 4 is 11.8 Å². The topological polar surface area (TPSA) is 71.8 Å². The number of fused-ring (bicyclic) bond motifs is 1. The van der Waals surface area contributed by atoms with Crippen LogP contribution in [-0.2, 0) is 11.2 Å². The Morgan fingerprint density at radius 3 is 2.63 bits per heavy atom. The predicted molar refractivity (Wildman–Crippen MR) is 99.5 cm³/mol. The van der Waals surface area contributed by atoms with Gasteiger partial charge in [0.2, 0.25) is 5.91 Å². The number of likely N-dealkylation sites (tertiary alicyclic amines) is 1. The van der Waals surface area contributed by atoms with Crippen LogP contribution in [0.5, 0.6) is 5.75 Å². The average Bonchev–Trinajstić information content (AvgIpc) is 3.14. The van der Waals surface area contributed by atoms with Gasteiger partial charge in [-0.05, 0) is 49.4 Å². The van der Waals surface area contributed by atoms with Gasteiger partial charge in [0, 0.05) is 25.0 Å². The molecule has 0 bridgehead atoms. The van der Waals surface area contributed by atoms with Gasteiger partial charge in [-0.25, -0.2) is 0 Å². The molecule has 1 saturated heterocycles. The smallest absolute Gasteiger partial charge is 0.289 e. The molecule has 2 aliphatic rings. The van der Waals surface area contributed by atoms with E-state index in [1.807, 2.05) is 24.3 Å². The molecule has 0 aliphatic carbocycles. The number of carbonyl (C=O) groups is 2. The number of nitrogens with zero attached hydrogens (tertiary/aromatic N) is 1. The highest BCUT2D eigenvalue weighted by molar-refractivity contribution is 5.91. The Hall–Kier alpha value is -2.76. The number of hydrogen-bond donors (Lipinski definition) is 1. The maximum atomic E-state index is 12.8. The molecular weight excluding hydrogens is 344 g/mol. The van der Waals surface area contributed by atoms with Crippen molar-refractivity contribution in [2.45, 2.75) is 31.7 Å². The predicted octanol–water partition coefficient (Wildman–Crippen LogP) is 2.64. The van der Waals surface area contributed by atoms with Gasteiger partial charge >= 0.3 is 0 Å². The molecule has 1 fully saturated rings. The Labute approximate surface area is 158 Å². The van der Waals surface area contributed by atoms with Crippen LogP contribution in [0.2, 0.25) is 0 Å². The van der Waals surface area contributed by atoms with Crippen molar-refractivity contribution in [2.24, 2.45) is 5.92 Å². The third kappa shape index (κ3) is 3.99. The molecule has 1 aromatic heterocycles. The number of nitrogens with one attached hydrogen (secondary N) is 1. The normalized spacial score (nSPS) is 20.3. The lowest BCUT2D eigenvalue weighted by Crippen LogP contribution is -2.48. The molecule has 1 aromatic carbocycles. The first-order chi connectivity index (χ1) is 13.2. The van der Waals surface area contributed by atoms with E-state index in [0.29, 0.717) is 31.9 Å². The molecule has 0 radical (unpaired) electrons. The molecule has 6 heteroatoms. The lowest BCUT2D eigenvalue weighted by Gasteiger charge is -2.32. The van der Waals surface area contributed by atoms with E-state index < -0.39 is 0 Å². The molecule has 6 nitrogen and oxygen atoms in total. The van der Waals surface area contributed by atoms with Crippen LogP contribution in [0, 0.1) is 5.92 Å². The van der Waals surface area contributed by atoms with Crippen molar-refractivity contribution in [3.05, 3.63) is 54.0 Å². The number of rotatable bonds is 3. The van der Waals surface area contributed by atoms with Crippen LogP contribution < -0.4 is 10.1 Å². The second-order valence-corrected chi connectivity index (χ2v) is 7.20. The van der Waals surface area contributed by atoms with E-state index in [1.165, 1.54) is 6.26 Å². The number of piperidine rings is 1. The van der Waals surface area contributed by atoms with Gasteiger partial charge in [-0.3, -0.25) is 9.59 Å². The number of para-hydroxylation sites is 1. The molecule has 0 spiro atoms. The van der Waals surface area contributed by atoms with Gasteiger partial charge in [0.1, 0.15) is 5.75 Å². The number of hydrogen-bond acceptors (Lipinski definition) is 4. The van der Waals surface area contributed by atoms with E-state index in [9.17, 15) is 9.59 Å². The van der Waals surface area contributed by atoms with E-state index in [1.54, 1.807) is 17.0 Å². The summed E-state index contributed by atoms with van der Waals surface area (Å²) in [7, 11) is 0. The minimum Gasteiger partial charge on any atom is -0.493 e. The van der Waals surface area contributed by atoms with Crippen molar-refractivity contribution in [1.82, 2.24) is 10.2 Å². The van der Waals surface area contributed by atoms with Crippen LogP contribution in [0.4, 0.5) is 0 Å². The fourth-order valence-electron chi connectivity index (χ4n) is 3.82. The van der Waals surface area contributed by atoms with Gasteiger partial charge in [0.25, 0.3) is 5.91 Å². The third-order valence-corrected chi connectivity index (χ3v) is 5.39. The molecule has 2 aliphatic heterocycles. The molecule has 142 valence electrons. The third-order valence-electron chi connectivity index (χ3n) is 5.39. The highest BCUT2D eigenvalue weighted by Gasteiger charge is 2.29. The Kier molecular flexibility index (Phi) is 5.14. The number of benzene rings is 1. The Morgan fingerprint density at radius 1 is 1.04 bits per heavy atom. The molecule has 0 unspecified atom stereocenters. The van der Waals surface area contributed by atoms with Gasteiger partial charge in [-0.15, -0.1) is 0 Å². The lowest BCUT2D eigenvalue weighted by molar-refractivity contribution is -0.126. The summed E-state index contributed by atoms with van der Waals surface area (Å²) in [6.45, 7) is 1.81. The van der Waals surface area contributed by atoms with Crippen LogP contribution >= 0.6 is 0 Å². The minimum atomic E-state index is -0.0812. The van der Waals surface area contributed by atoms with Crippen molar-refractivity contribution < 1.29 is 18.7 Å². The van der Waals surface area contributed by atoms with Gasteiger partial charge in [0.15, 0.2) is 5.76 Å². The first-order valence-electron chi connectivity index (χ1n) is 9.54. The maximum Gasteiger partial charge on any atom is 0.289 e. The standard InChI is InChI=1S/C21H24N2O4/c24-20(16-9-13-27-18-5-2-1-4-15(18)14-16)22-17-7-10-23(11-8-17)21(25)19-6-3-12-26-19/h1-6,12,16-17H,7-11,13-14H2,(H,22,24)/t16-/m0/s1. The molecule has 0 saturated carbocycles. The van der Waals surface area contributed by atoms with Gasteiger partial charge < -0.3 is 19.4 Å². The molecule has 1 atom stereocenters. The van der Waals surface area contributed by atoms with Gasteiger partial charge in [-0.1, -0.05) is 18.2 Å². The number of furan rings is 1. The molecule has 27 heavy (non-hydrogen) atoms. The summed E-state index contributed by atoms with van der Waals surface area (Å²) in [5, 5.41) is 3.19. The molecule has 2 aromatic rings. The van der Waals surface area contributed by atoms with Gasteiger partial charge in [0.05, 0.1) is 12.9 Å². The molecular formula is C21H24N2O4. The Bertz CT molecular complexity index is 794. The van der Waals surface area contributed by atoms with Crippen molar-refractivity contribution in [1.29, 1.82) is 0 Å². The SMILES string of the molecule is O=C(NC1CCN(C(=O)c2ccco2)CC1)[C@H]1CCOc2ccccc2C1. The molecule has 2 amide bonds. The average molecular weight is 368 g/mol. The van der Waals surface area contributed by atoms with Crippen molar-refractivity contribution in [3.8, 4) is 5.75 Å². The summed E-state index contributed by atoms with van der Waals surface area (Å²) in [5.74, 6) is 1.19. The fourth-order valence-corrected chi connectivity index (χ4v) is 3.82. The molecule has 4 rings (SSSR count). The molecule has 1 N–H and O–H groups in total. The van der Waals surface area contributed by atoms with Crippen molar-refractivity contribution in [3.63, 3.8) is 0 Å². The van der Waals surface area contributed by atoms with Crippen LogP contribution in [0.25, 0.3) is 0 Å². The zero-order valence-corrected chi connectivity index (χ0v) is 15.2. The second kappa shape index (κ2) is 7.86. The summed E-state index contributed by atoms with van der Waals surface area (Å²) < 4.78 is 10.9. The fraction of sp³-hybridized carbons (Fsp3) is 0.429. The largest absolute Gasteiger partial charge is 0.493 e. The quantitative estimate of drug-likeness (QED) is 0.904. The number of ether oxygens (including phenoxy) is 1. The van der Waals surface area contributed by atoms with E-state index in [4.69, 9.17) is 9.15 Å². The zero-order valence-electron chi connectivity index (χ0n) is 15.2. The first-order valence-corrected chi connectivity index (χ1v) is 9.54. The lowest BCUT2D eigenvalue weighted by atomic mass is 9.95. The van der Waals surface area contributed by atoms with Gasteiger partial charge in [-0.2, -0.15) is 0 Å². The van der Waals surface area contributed by atoms with E-state index in [-0.39, 0.29) is 23.8 Å². The first kappa shape index (κ1) is 17.6.